The summed E-state index contributed by atoms with van der Waals surface area (Å²) in [6.45, 7) is 7.31. The number of para-hydroxylation sites is 2. The molecular formula is C16H24N2O4. The van der Waals surface area contributed by atoms with E-state index in [9.17, 15) is 4.79 Å². The van der Waals surface area contributed by atoms with Crippen molar-refractivity contribution in [1.82, 2.24) is 10.2 Å². The molecule has 1 aliphatic rings. The highest BCUT2D eigenvalue weighted by atomic mass is 16.5. The summed E-state index contributed by atoms with van der Waals surface area (Å²) in [6, 6.07) is 7.36. The van der Waals surface area contributed by atoms with Gasteiger partial charge in [-0.2, -0.15) is 0 Å². The van der Waals surface area contributed by atoms with Crippen LogP contribution in [0.1, 0.15) is 6.92 Å². The van der Waals surface area contributed by atoms with Crippen molar-refractivity contribution in [3.05, 3.63) is 24.3 Å². The molecule has 0 radical (unpaired) electrons. The van der Waals surface area contributed by atoms with Crippen LogP contribution >= 0.6 is 0 Å². The van der Waals surface area contributed by atoms with Crippen LogP contribution in [0.25, 0.3) is 0 Å². The lowest BCUT2D eigenvalue weighted by Crippen LogP contribution is -2.42. The lowest BCUT2D eigenvalue weighted by Gasteiger charge is -2.26. The van der Waals surface area contributed by atoms with Crippen molar-refractivity contribution in [2.24, 2.45) is 0 Å². The molecule has 0 saturated carbocycles. The van der Waals surface area contributed by atoms with Gasteiger partial charge in [-0.1, -0.05) is 12.1 Å². The fourth-order valence-corrected chi connectivity index (χ4v) is 2.22. The quantitative estimate of drug-likeness (QED) is 0.773. The van der Waals surface area contributed by atoms with E-state index in [0.29, 0.717) is 24.7 Å². The Bertz CT molecular complexity index is 461. The topological polar surface area (TPSA) is 60.0 Å². The lowest BCUT2D eigenvalue weighted by molar-refractivity contribution is -0.123. The third kappa shape index (κ3) is 5.54. The second-order valence-electron chi connectivity index (χ2n) is 4.97. The number of nitrogens with zero attached hydrogens (tertiary/aromatic N) is 1. The van der Waals surface area contributed by atoms with Crippen LogP contribution in [-0.4, -0.2) is 63.4 Å². The molecule has 1 fully saturated rings. The lowest BCUT2D eigenvalue weighted by atomic mass is 10.3. The van der Waals surface area contributed by atoms with Gasteiger partial charge < -0.3 is 19.5 Å². The number of carbonyl (C=O) groups excluding carboxylic acids is 1. The van der Waals surface area contributed by atoms with Crippen LogP contribution in [0.15, 0.2) is 24.3 Å². The maximum absolute atomic E-state index is 11.8. The van der Waals surface area contributed by atoms with Crippen molar-refractivity contribution in [2.45, 2.75) is 6.92 Å². The molecule has 1 aromatic rings. The van der Waals surface area contributed by atoms with E-state index < -0.39 is 0 Å². The van der Waals surface area contributed by atoms with Gasteiger partial charge in [0.2, 0.25) is 0 Å². The van der Waals surface area contributed by atoms with Gasteiger partial charge in [0.25, 0.3) is 5.91 Å². The minimum absolute atomic E-state index is 0.00675. The van der Waals surface area contributed by atoms with Crippen molar-refractivity contribution in [3.8, 4) is 11.5 Å². The fourth-order valence-electron chi connectivity index (χ4n) is 2.22. The van der Waals surface area contributed by atoms with Gasteiger partial charge in [-0.05, 0) is 19.1 Å². The molecule has 1 N–H and O–H groups in total. The molecule has 1 aromatic carbocycles. The van der Waals surface area contributed by atoms with E-state index in [1.165, 1.54) is 0 Å². The van der Waals surface area contributed by atoms with E-state index in [-0.39, 0.29) is 12.5 Å². The molecule has 0 bridgehead atoms. The summed E-state index contributed by atoms with van der Waals surface area (Å²) in [4.78, 5) is 14.1. The zero-order valence-corrected chi connectivity index (χ0v) is 13.0. The number of hydrogen-bond donors (Lipinski definition) is 1. The molecular weight excluding hydrogens is 284 g/mol. The number of ether oxygens (including phenoxy) is 3. The SMILES string of the molecule is CCOc1ccccc1OCC(=O)NCCN1CCOCC1. The summed E-state index contributed by atoms with van der Waals surface area (Å²) in [5.41, 5.74) is 0. The monoisotopic (exact) mass is 308 g/mol. The van der Waals surface area contributed by atoms with Gasteiger partial charge in [-0.25, -0.2) is 0 Å². The average Bonchev–Trinajstić information content (AvgIpc) is 2.55. The van der Waals surface area contributed by atoms with Gasteiger partial charge in [-0.15, -0.1) is 0 Å². The number of morpholine rings is 1. The van der Waals surface area contributed by atoms with E-state index >= 15 is 0 Å². The van der Waals surface area contributed by atoms with Crippen LogP contribution in [0.4, 0.5) is 0 Å². The minimum atomic E-state index is -0.125. The first-order valence-electron chi connectivity index (χ1n) is 7.71. The third-order valence-corrected chi connectivity index (χ3v) is 3.36. The Morgan fingerprint density at radius 1 is 1.23 bits per heavy atom. The molecule has 0 aromatic heterocycles. The minimum Gasteiger partial charge on any atom is -0.490 e. The van der Waals surface area contributed by atoms with Crippen molar-refractivity contribution < 1.29 is 19.0 Å². The maximum atomic E-state index is 11.8. The maximum Gasteiger partial charge on any atom is 0.257 e. The Morgan fingerprint density at radius 3 is 2.59 bits per heavy atom. The zero-order chi connectivity index (χ0) is 15.6. The number of hydrogen-bond acceptors (Lipinski definition) is 5. The molecule has 6 heteroatoms. The van der Waals surface area contributed by atoms with Gasteiger partial charge in [0.1, 0.15) is 0 Å². The zero-order valence-electron chi connectivity index (χ0n) is 13.0. The Morgan fingerprint density at radius 2 is 1.91 bits per heavy atom. The molecule has 0 unspecified atom stereocenters. The molecule has 2 rings (SSSR count). The molecule has 1 heterocycles. The van der Waals surface area contributed by atoms with Crippen LogP contribution < -0.4 is 14.8 Å². The first-order chi connectivity index (χ1) is 10.8. The van der Waals surface area contributed by atoms with Crippen LogP contribution in [0, 0.1) is 0 Å². The Balaban J connectivity index is 1.67. The first-order valence-corrected chi connectivity index (χ1v) is 7.71. The largest absolute Gasteiger partial charge is 0.490 e. The van der Waals surface area contributed by atoms with Crippen LogP contribution in [0.3, 0.4) is 0 Å². The summed E-state index contributed by atoms with van der Waals surface area (Å²) in [5, 5.41) is 2.86. The van der Waals surface area contributed by atoms with Gasteiger partial charge in [0, 0.05) is 26.2 Å². The molecule has 1 amide bonds. The van der Waals surface area contributed by atoms with Crippen molar-refractivity contribution in [3.63, 3.8) is 0 Å². The highest BCUT2D eigenvalue weighted by molar-refractivity contribution is 5.77. The Kier molecular flexibility index (Phi) is 6.99. The van der Waals surface area contributed by atoms with E-state index in [1.807, 2.05) is 25.1 Å². The van der Waals surface area contributed by atoms with Crippen molar-refractivity contribution in [2.75, 3.05) is 52.6 Å². The third-order valence-electron chi connectivity index (χ3n) is 3.36. The Labute approximate surface area is 131 Å². The smallest absolute Gasteiger partial charge is 0.257 e. The van der Waals surface area contributed by atoms with Crippen LogP contribution in [0.5, 0.6) is 11.5 Å². The molecule has 0 aliphatic carbocycles. The number of benzene rings is 1. The van der Waals surface area contributed by atoms with E-state index in [0.717, 1.165) is 32.8 Å². The van der Waals surface area contributed by atoms with E-state index in [4.69, 9.17) is 14.2 Å². The van der Waals surface area contributed by atoms with Crippen LogP contribution in [-0.2, 0) is 9.53 Å². The predicted molar refractivity (Wildman–Crippen MR) is 83.4 cm³/mol. The molecule has 22 heavy (non-hydrogen) atoms. The first kappa shape index (κ1) is 16.6. The highest BCUT2D eigenvalue weighted by Gasteiger charge is 2.11. The number of carbonyl (C=O) groups is 1. The highest BCUT2D eigenvalue weighted by Crippen LogP contribution is 2.26. The molecule has 122 valence electrons. The molecule has 0 atom stereocenters. The predicted octanol–water partition coefficient (Wildman–Crippen LogP) is 0.913. The molecule has 6 nitrogen and oxygen atoms in total. The summed E-state index contributed by atoms with van der Waals surface area (Å²) < 4.78 is 16.3. The standard InChI is InChI=1S/C16H24N2O4/c1-2-21-14-5-3-4-6-15(14)22-13-16(19)17-7-8-18-9-11-20-12-10-18/h3-6H,2,7-13H2,1H3,(H,17,19). The number of amides is 1. The van der Waals surface area contributed by atoms with E-state index in [1.54, 1.807) is 6.07 Å². The summed E-state index contributed by atoms with van der Waals surface area (Å²) in [6.07, 6.45) is 0. The van der Waals surface area contributed by atoms with Crippen molar-refractivity contribution >= 4 is 5.91 Å². The normalized spacial score (nSPS) is 15.3. The van der Waals surface area contributed by atoms with E-state index in [2.05, 4.69) is 10.2 Å². The van der Waals surface area contributed by atoms with Crippen LogP contribution in [0.2, 0.25) is 0 Å². The van der Waals surface area contributed by atoms with Crippen molar-refractivity contribution in [1.29, 1.82) is 0 Å². The fraction of sp³-hybridized carbons (Fsp3) is 0.562. The van der Waals surface area contributed by atoms with Gasteiger partial charge in [0.05, 0.1) is 19.8 Å². The summed E-state index contributed by atoms with van der Waals surface area (Å²) >= 11 is 0. The second kappa shape index (κ2) is 9.27. The molecule has 1 saturated heterocycles. The average molecular weight is 308 g/mol. The van der Waals surface area contributed by atoms with Gasteiger partial charge >= 0.3 is 0 Å². The number of nitrogens with one attached hydrogen (secondary N) is 1. The summed E-state index contributed by atoms with van der Waals surface area (Å²) in [7, 11) is 0. The molecule has 0 spiro atoms. The number of rotatable bonds is 8. The molecule has 1 aliphatic heterocycles. The van der Waals surface area contributed by atoms with Gasteiger partial charge in [0.15, 0.2) is 18.1 Å². The second-order valence-corrected chi connectivity index (χ2v) is 4.97. The Hall–Kier alpha value is -1.79. The summed E-state index contributed by atoms with van der Waals surface area (Å²) in [5.74, 6) is 1.12. The van der Waals surface area contributed by atoms with Gasteiger partial charge in [-0.3, -0.25) is 9.69 Å².